The number of benzene rings is 4. The van der Waals surface area contributed by atoms with Gasteiger partial charge in [-0.15, -0.1) is 0 Å². The minimum Gasteiger partial charge on any atom is -0.390 e. The Hall–Kier alpha value is -6.46. The standard InChI is InChI=1S/C47H42FN7O3/c48-41-25-40(55(57)58)16-17-42(41)52-21-19-36(20-22-52)46(56)29-45(30-46)31-53(32-45)44-50-27-35(28-51-44)34-24-33-18-23-54(43(33)49-26-34)47(37-10-4-1-5-11-37,38-12-6-2-7-13-38)39-14-8-3-9-15-39/h1-18,23-28,36,56H,19-22,29-32H2. The van der Waals surface area contributed by atoms with Crippen molar-refractivity contribution in [2.45, 2.75) is 36.8 Å². The molecule has 11 heteroatoms. The molecule has 3 fully saturated rings. The van der Waals surface area contributed by atoms with Gasteiger partial charge in [0.05, 0.1) is 22.3 Å². The summed E-state index contributed by atoms with van der Waals surface area (Å²) in [6.07, 6.45) is 10.7. The maximum Gasteiger partial charge on any atom is 0.272 e. The predicted octanol–water partition coefficient (Wildman–Crippen LogP) is 8.63. The molecule has 58 heavy (non-hydrogen) atoms. The Morgan fingerprint density at radius 1 is 0.724 bits per heavy atom. The second-order valence-electron chi connectivity index (χ2n) is 16.4. The van der Waals surface area contributed by atoms with Crippen molar-refractivity contribution in [3.05, 3.63) is 179 Å². The fourth-order valence-electron chi connectivity index (χ4n) is 10.2. The van der Waals surface area contributed by atoms with Gasteiger partial charge >= 0.3 is 0 Å². The number of aliphatic hydroxyl groups is 1. The number of aromatic nitrogens is 4. The summed E-state index contributed by atoms with van der Waals surface area (Å²) in [6, 6.07) is 39.9. The Kier molecular flexibility index (Phi) is 8.59. The molecule has 290 valence electrons. The Bertz CT molecular complexity index is 2500. The lowest BCUT2D eigenvalue weighted by Gasteiger charge is -2.64. The number of nitro benzene ring substituents is 1. The molecule has 4 aromatic carbocycles. The molecule has 0 atom stereocenters. The zero-order chi connectivity index (χ0) is 39.5. The number of halogens is 1. The first kappa shape index (κ1) is 35.9. The van der Waals surface area contributed by atoms with Crippen molar-refractivity contribution in [1.82, 2.24) is 19.5 Å². The Morgan fingerprint density at radius 2 is 1.29 bits per heavy atom. The van der Waals surface area contributed by atoms with Gasteiger partial charge in [-0.05, 0) is 66.5 Å². The molecule has 10 rings (SSSR count). The number of pyridine rings is 1. The van der Waals surface area contributed by atoms with Crippen LogP contribution in [0, 0.1) is 27.3 Å². The third-order valence-corrected chi connectivity index (χ3v) is 12.9. The molecular formula is C47H42FN7O3. The average molecular weight is 772 g/mol. The van der Waals surface area contributed by atoms with Gasteiger partial charge in [0.1, 0.15) is 11.2 Å². The minimum absolute atomic E-state index is 0.0506. The van der Waals surface area contributed by atoms with Crippen LogP contribution in [0.2, 0.25) is 0 Å². The first-order valence-electron chi connectivity index (χ1n) is 19.9. The summed E-state index contributed by atoms with van der Waals surface area (Å²) < 4.78 is 17.0. The lowest BCUT2D eigenvalue weighted by Crippen LogP contribution is -2.70. The van der Waals surface area contributed by atoms with Crippen molar-refractivity contribution < 1.29 is 14.4 Å². The third-order valence-electron chi connectivity index (χ3n) is 12.9. The van der Waals surface area contributed by atoms with Gasteiger partial charge in [-0.2, -0.15) is 0 Å². The van der Waals surface area contributed by atoms with Gasteiger partial charge in [0.25, 0.3) is 5.69 Å². The molecular weight excluding hydrogens is 730 g/mol. The third kappa shape index (κ3) is 5.91. The number of nitrogens with zero attached hydrogens (tertiary/aromatic N) is 7. The maximum absolute atomic E-state index is 14.7. The highest BCUT2D eigenvalue weighted by atomic mass is 19.1. The van der Waals surface area contributed by atoms with Crippen LogP contribution in [0.25, 0.3) is 22.2 Å². The summed E-state index contributed by atoms with van der Waals surface area (Å²) in [6.45, 7) is 2.80. The second-order valence-corrected chi connectivity index (χ2v) is 16.4. The van der Waals surface area contributed by atoms with E-state index >= 15 is 0 Å². The van der Waals surface area contributed by atoms with Crippen molar-refractivity contribution in [3.63, 3.8) is 0 Å². The van der Waals surface area contributed by atoms with Crippen LogP contribution in [0.4, 0.5) is 21.7 Å². The topological polar surface area (TPSA) is 113 Å². The van der Waals surface area contributed by atoms with Crippen molar-refractivity contribution in [2.24, 2.45) is 11.3 Å². The van der Waals surface area contributed by atoms with Crippen molar-refractivity contribution in [2.75, 3.05) is 36.0 Å². The second kappa shape index (κ2) is 13.9. The summed E-state index contributed by atoms with van der Waals surface area (Å²) in [4.78, 5) is 29.2. The predicted molar refractivity (Wildman–Crippen MR) is 222 cm³/mol. The fraction of sp³-hybridized carbons (Fsp3) is 0.255. The SMILES string of the molecule is O=[N+]([O-])c1ccc(N2CCC(C3(O)CC4(CN(c5ncc(-c6cnc7c(ccn7C(c7ccccc7)(c7ccccc7)c7ccccc7)c6)cn5)C4)C3)CC2)c(F)c1. The molecule has 1 saturated carbocycles. The summed E-state index contributed by atoms with van der Waals surface area (Å²) in [5.41, 5.74) is 4.89. The molecule has 1 spiro atoms. The molecule has 5 heterocycles. The smallest absolute Gasteiger partial charge is 0.272 e. The van der Waals surface area contributed by atoms with Crippen LogP contribution in [0.15, 0.2) is 146 Å². The molecule has 0 amide bonds. The molecule has 2 aliphatic heterocycles. The van der Waals surface area contributed by atoms with E-state index in [2.05, 4.69) is 119 Å². The van der Waals surface area contributed by atoms with E-state index < -0.39 is 21.9 Å². The van der Waals surface area contributed by atoms with Crippen LogP contribution in [-0.4, -0.2) is 61.3 Å². The highest BCUT2D eigenvalue weighted by molar-refractivity contribution is 5.83. The number of rotatable bonds is 9. The first-order valence-corrected chi connectivity index (χ1v) is 19.9. The summed E-state index contributed by atoms with van der Waals surface area (Å²) >= 11 is 0. The van der Waals surface area contributed by atoms with E-state index in [0.29, 0.717) is 24.7 Å². The van der Waals surface area contributed by atoms with E-state index in [1.54, 1.807) is 0 Å². The molecule has 1 N–H and O–H groups in total. The Morgan fingerprint density at radius 3 is 1.84 bits per heavy atom. The Labute approximate surface area is 335 Å². The number of anilines is 2. The van der Waals surface area contributed by atoms with Crippen molar-refractivity contribution in [1.29, 1.82) is 0 Å². The van der Waals surface area contributed by atoms with Crippen LogP contribution in [-0.2, 0) is 5.54 Å². The first-order chi connectivity index (χ1) is 28.2. The van der Waals surface area contributed by atoms with Crippen LogP contribution >= 0.6 is 0 Å². The van der Waals surface area contributed by atoms with Gasteiger partial charge in [-0.3, -0.25) is 10.1 Å². The number of hydrogen-bond donors (Lipinski definition) is 1. The minimum atomic E-state index is -0.732. The summed E-state index contributed by atoms with van der Waals surface area (Å²) in [5, 5.41) is 23.7. The van der Waals surface area contributed by atoms with E-state index in [1.165, 1.54) is 12.1 Å². The molecule has 0 radical (unpaired) electrons. The van der Waals surface area contributed by atoms with Gasteiger partial charge in [0.2, 0.25) is 5.95 Å². The largest absolute Gasteiger partial charge is 0.390 e. The Balaban J connectivity index is 0.827. The lowest BCUT2D eigenvalue weighted by molar-refractivity contribution is -0.385. The monoisotopic (exact) mass is 771 g/mol. The number of non-ortho nitro benzene ring substituents is 1. The summed E-state index contributed by atoms with van der Waals surface area (Å²) in [7, 11) is 0. The molecule has 7 aromatic rings. The van der Waals surface area contributed by atoms with Gasteiger partial charge in [-0.25, -0.2) is 19.3 Å². The average Bonchev–Trinajstić information content (AvgIpc) is 3.67. The van der Waals surface area contributed by atoms with Crippen molar-refractivity contribution >= 4 is 28.4 Å². The fourth-order valence-corrected chi connectivity index (χ4v) is 10.2. The van der Waals surface area contributed by atoms with Crippen LogP contribution in [0.1, 0.15) is 42.4 Å². The molecule has 1 aliphatic carbocycles. The van der Waals surface area contributed by atoms with E-state index in [4.69, 9.17) is 15.0 Å². The summed E-state index contributed by atoms with van der Waals surface area (Å²) in [5.74, 6) is 0.233. The molecule has 10 nitrogen and oxygen atoms in total. The lowest BCUT2D eigenvalue weighted by atomic mass is 9.51. The molecule has 0 bridgehead atoms. The van der Waals surface area contributed by atoms with Crippen LogP contribution in [0.3, 0.4) is 0 Å². The van der Waals surface area contributed by atoms with E-state index in [-0.39, 0.29) is 17.0 Å². The maximum atomic E-state index is 14.7. The zero-order valence-electron chi connectivity index (χ0n) is 31.9. The number of piperidine rings is 1. The quantitative estimate of drug-likeness (QED) is 0.0882. The molecule has 3 aliphatic rings. The van der Waals surface area contributed by atoms with Gasteiger partial charge in [0.15, 0.2) is 5.82 Å². The van der Waals surface area contributed by atoms with E-state index in [1.807, 2.05) is 23.5 Å². The normalized spacial score (nSPS) is 17.6. The van der Waals surface area contributed by atoms with E-state index in [9.17, 15) is 19.6 Å². The molecule has 2 saturated heterocycles. The van der Waals surface area contributed by atoms with E-state index in [0.717, 1.165) is 83.7 Å². The number of hydrogen-bond acceptors (Lipinski definition) is 8. The zero-order valence-corrected chi connectivity index (χ0v) is 31.9. The highest BCUT2D eigenvalue weighted by Gasteiger charge is 2.62. The molecule has 0 unspecified atom stereocenters. The van der Waals surface area contributed by atoms with Gasteiger partial charge < -0.3 is 19.5 Å². The van der Waals surface area contributed by atoms with Gasteiger partial charge in [0, 0.05) is 79.0 Å². The number of fused-ring (bicyclic) bond motifs is 1. The van der Waals surface area contributed by atoms with Crippen LogP contribution in [0.5, 0.6) is 0 Å². The molecule has 3 aromatic heterocycles. The van der Waals surface area contributed by atoms with Crippen LogP contribution < -0.4 is 9.80 Å². The van der Waals surface area contributed by atoms with Gasteiger partial charge in [-0.1, -0.05) is 91.0 Å². The van der Waals surface area contributed by atoms with Crippen molar-refractivity contribution in [3.8, 4) is 11.1 Å². The number of nitro groups is 1. The highest BCUT2D eigenvalue weighted by Crippen LogP contribution is 2.58.